The van der Waals surface area contributed by atoms with E-state index >= 15 is 0 Å². The molecule has 4 aromatic rings. The molecule has 5 rings (SSSR count). The summed E-state index contributed by atoms with van der Waals surface area (Å²) in [6.07, 6.45) is 2.65. The van der Waals surface area contributed by atoms with Crippen molar-refractivity contribution in [3.05, 3.63) is 70.5 Å². The van der Waals surface area contributed by atoms with Gasteiger partial charge in [-0.15, -0.1) is 22.7 Å². The van der Waals surface area contributed by atoms with Crippen molar-refractivity contribution in [2.45, 2.75) is 57.8 Å². The molecule has 0 radical (unpaired) electrons. The number of halogens is 2. The van der Waals surface area contributed by atoms with E-state index < -0.39 is 48.1 Å². The number of alkyl halides is 2. The number of thiophene rings is 1. The predicted molar refractivity (Wildman–Crippen MR) is 196 cm³/mol. The van der Waals surface area contributed by atoms with Crippen LogP contribution in [0.25, 0.3) is 20.7 Å². The molecule has 2 aromatic carbocycles. The van der Waals surface area contributed by atoms with E-state index in [2.05, 4.69) is 10.3 Å². The lowest BCUT2D eigenvalue weighted by Gasteiger charge is -2.36. The fourth-order valence-electron chi connectivity index (χ4n) is 5.96. The summed E-state index contributed by atoms with van der Waals surface area (Å²) in [6.45, 7) is 5.65. The first-order chi connectivity index (χ1) is 24.3. The number of carbonyl (C=O) groups is 4. The summed E-state index contributed by atoms with van der Waals surface area (Å²) in [5.74, 6) is -1.65. The molecular formula is C35H40F2N5O7PS2. The summed E-state index contributed by atoms with van der Waals surface area (Å²) in [5.41, 5.74) is -4.78. The van der Waals surface area contributed by atoms with Gasteiger partial charge >= 0.3 is 13.3 Å². The number of anilines is 1. The van der Waals surface area contributed by atoms with Crippen molar-refractivity contribution >= 4 is 69.7 Å². The lowest BCUT2D eigenvalue weighted by atomic mass is 9.85. The molecule has 17 heteroatoms. The number of benzene rings is 2. The van der Waals surface area contributed by atoms with Crippen molar-refractivity contribution in [1.82, 2.24) is 20.1 Å². The standard InChI is InChI=1S/C35H40F2N5O7PS2/c1-34(2,3)29(39-30(44)27-20-22-18-23(11-12-26(22)52-27)35(36,37)50(47,48)49)33(46)42-15-7-10-25(42)32(45)41(16-13-28(43)40(4)5)24-9-6-8-21(19-24)31-38-14-17-51-31/h6,8-9,11-12,14,17-20,25,29H,7,10,13,15-16H2,1-5H3,(H,39,44)(H2,47,48,49). The number of nitrogens with one attached hydrogen (secondary N) is 1. The smallest absolute Gasteiger partial charge is 0.349 e. The predicted octanol–water partition coefficient (Wildman–Crippen LogP) is 5.90. The van der Waals surface area contributed by atoms with Gasteiger partial charge in [0.25, 0.3) is 5.91 Å². The SMILES string of the molecule is CN(C)C(=O)CCN(C(=O)C1CCCN1C(=O)C(NC(=O)c1cc2cc(C(F)(F)P(=O)(O)O)ccc2s1)C(C)(C)C)c1cccc(-c2nccs2)c1. The molecule has 0 bridgehead atoms. The van der Waals surface area contributed by atoms with Crippen molar-refractivity contribution in [1.29, 1.82) is 0 Å². The molecule has 2 aromatic heterocycles. The molecule has 1 fully saturated rings. The first-order valence-electron chi connectivity index (χ1n) is 16.4. The Hall–Kier alpha value is -4.08. The average Bonchev–Trinajstić information content (AvgIpc) is 3.87. The van der Waals surface area contributed by atoms with Gasteiger partial charge in [-0.3, -0.25) is 23.7 Å². The van der Waals surface area contributed by atoms with E-state index in [1.165, 1.54) is 38.2 Å². The second kappa shape index (κ2) is 15.1. The first-order valence-corrected chi connectivity index (χ1v) is 19.7. The van der Waals surface area contributed by atoms with E-state index in [1.807, 2.05) is 17.5 Å². The van der Waals surface area contributed by atoms with Crippen LogP contribution in [0, 0.1) is 5.41 Å². The van der Waals surface area contributed by atoms with E-state index in [4.69, 9.17) is 9.79 Å². The minimum atomic E-state index is -5.80. The number of hydrogen-bond donors (Lipinski definition) is 3. The lowest BCUT2D eigenvalue weighted by molar-refractivity contribution is -0.141. The number of nitrogens with zero attached hydrogens (tertiary/aromatic N) is 4. The van der Waals surface area contributed by atoms with Gasteiger partial charge in [-0.2, -0.15) is 8.78 Å². The number of fused-ring (bicyclic) bond motifs is 1. The van der Waals surface area contributed by atoms with Gasteiger partial charge in [0.2, 0.25) is 17.7 Å². The molecular weight excluding hydrogens is 736 g/mol. The largest absolute Gasteiger partial charge is 0.399 e. The quantitative estimate of drug-likeness (QED) is 0.159. The van der Waals surface area contributed by atoms with Crippen LogP contribution in [-0.2, 0) is 24.6 Å². The highest BCUT2D eigenvalue weighted by atomic mass is 32.1. The van der Waals surface area contributed by atoms with Gasteiger partial charge in [-0.05, 0) is 54.0 Å². The molecule has 4 amide bonds. The fraction of sp³-hybridized carbons (Fsp3) is 0.400. The number of thiazole rings is 1. The van der Waals surface area contributed by atoms with Gasteiger partial charge in [0.05, 0.1) is 4.88 Å². The lowest BCUT2D eigenvalue weighted by Crippen LogP contribution is -2.58. The Morgan fingerprint density at radius 2 is 1.83 bits per heavy atom. The highest BCUT2D eigenvalue weighted by Gasteiger charge is 2.50. The Bertz CT molecular complexity index is 2030. The summed E-state index contributed by atoms with van der Waals surface area (Å²) < 4.78 is 40.6. The molecule has 3 N–H and O–H groups in total. The van der Waals surface area contributed by atoms with E-state index in [0.29, 0.717) is 23.2 Å². The third-order valence-electron chi connectivity index (χ3n) is 8.81. The minimum Gasteiger partial charge on any atom is -0.349 e. The summed E-state index contributed by atoms with van der Waals surface area (Å²) in [5, 5.41) is 5.59. The Labute approximate surface area is 307 Å². The van der Waals surface area contributed by atoms with Crippen LogP contribution in [0.1, 0.15) is 55.3 Å². The van der Waals surface area contributed by atoms with Crippen LogP contribution in [0.2, 0.25) is 0 Å². The molecule has 1 aliphatic heterocycles. The molecule has 1 saturated heterocycles. The fourth-order valence-corrected chi connectivity index (χ4v) is 8.02. The Morgan fingerprint density at radius 1 is 1.10 bits per heavy atom. The number of amides is 4. The third kappa shape index (κ3) is 8.26. The van der Waals surface area contributed by atoms with Crippen molar-refractivity contribution in [2.24, 2.45) is 5.41 Å². The van der Waals surface area contributed by atoms with Gasteiger partial charge in [-0.25, -0.2) is 4.98 Å². The van der Waals surface area contributed by atoms with Crippen LogP contribution >= 0.6 is 30.3 Å². The number of aromatic nitrogens is 1. The molecule has 1 aliphatic rings. The Balaban J connectivity index is 1.40. The van der Waals surface area contributed by atoms with E-state index in [1.54, 1.807) is 53.2 Å². The molecule has 3 heterocycles. The number of likely N-dealkylation sites (tertiary alicyclic amines) is 1. The molecule has 12 nitrogen and oxygen atoms in total. The van der Waals surface area contributed by atoms with Crippen molar-refractivity contribution in [3.63, 3.8) is 0 Å². The summed E-state index contributed by atoms with van der Waals surface area (Å²) >= 11 is 2.42. The van der Waals surface area contributed by atoms with Crippen LogP contribution in [-0.4, -0.2) is 87.5 Å². The maximum Gasteiger partial charge on any atom is 0.399 e. The average molecular weight is 776 g/mol. The maximum absolute atomic E-state index is 14.4. The number of hydrogen-bond acceptors (Lipinski definition) is 8. The van der Waals surface area contributed by atoms with Crippen molar-refractivity contribution in [3.8, 4) is 10.6 Å². The molecule has 52 heavy (non-hydrogen) atoms. The first kappa shape index (κ1) is 39.1. The van der Waals surface area contributed by atoms with Gasteiger partial charge in [0, 0.05) is 66.7 Å². The van der Waals surface area contributed by atoms with Gasteiger partial charge < -0.3 is 29.8 Å². The van der Waals surface area contributed by atoms with Crippen molar-refractivity contribution < 1.29 is 42.3 Å². The van der Waals surface area contributed by atoms with Crippen LogP contribution in [0.3, 0.4) is 0 Å². The van der Waals surface area contributed by atoms with E-state index in [9.17, 15) is 32.5 Å². The summed E-state index contributed by atoms with van der Waals surface area (Å²) in [4.78, 5) is 82.3. The van der Waals surface area contributed by atoms with Gasteiger partial charge in [0.15, 0.2) is 0 Å². The van der Waals surface area contributed by atoms with E-state index in [-0.39, 0.29) is 41.6 Å². The summed E-state index contributed by atoms with van der Waals surface area (Å²) in [6, 6.07) is 9.75. The zero-order valence-electron chi connectivity index (χ0n) is 29.2. The summed E-state index contributed by atoms with van der Waals surface area (Å²) in [7, 11) is -2.53. The highest BCUT2D eigenvalue weighted by molar-refractivity contribution is 7.52. The molecule has 0 spiro atoms. The zero-order chi connectivity index (χ0) is 38.2. The highest BCUT2D eigenvalue weighted by Crippen LogP contribution is 2.59. The number of carbonyl (C=O) groups excluding carboxylic acids is 4. The molecule has 0 aliphatic carbocycles. The monoisotopic (exact) mass is 775 g/mol. The van der Waals surface area contributed by atoms with Crippen LogP contribution in [0.5, 0.6) is 0 Å². The van der Waals surface area contributed by atoms with Gasteiger partial charge in [-0.1, -0.05) is 39.0 Å². The topological polar surface area (TPSA) is 160 Å². The molecule has 2 unspecified atom stereocenters. The molecule has 278 valence electrons. The maximum atomic E-state index is 14.4. The van der Waals surface area contributed by atoms with E-state index in [0.717, 1.165) is 34.0 Å². The van der Waals surface area contributed by atoms with Crippen molar-refractivity contribution in [2.75, 3.05) is 32.1 Å². The van der Waals surface area contributed by atoms with Crippen LogP contribution in [0.15, 0.2) is 60.1 Å². The van der Waals surface area contributed by atoms with Gasteiger partial charge in [0.1, 0.15) is 17.1 Å². The molecule has 2 atom stereocenters. The third-order valence-corrected chi connectivity index (χ3v) is 11.7. The molecule has 0 saturated carbocycles. The Kier molecular flexibility index (Phi) is 11.4. The number of rotatable bonds is 11. The Morgan fingerprint density at radius 3 is 2.46 bits per heavy atom. The minimum absolute atomic E-state index is 0.0508. The van der Waals surface area contributed by atoms with Crippen LogP contribution < -0.4 is 10.2 Å². The zero-order valence-corrected chi connectivity index (χ0v) is 31.7. The van der Waals surface area contributed by atoms with Crippen LogP contribution in [0.4, 0.5) is 14.5 Å². The normalized spacial score (nSPS) is 15.8. The second-order valence-electron chi connectivity index (χ2n) is 13.8. The second-order valence-corrected chi connectivity index (χ2v) is 17.5.